The molecule has 0 unspecified atom stereocenters. The van der Waals surface area contributed by atoms with E-state index in [-0.39, 0.29) is 5.54 Å². The zero-order valence-electron chi connectivity index (χ0n) is 11.7. The summed E-state index contributed by atoms with van der Waals surface area (Å²) in [7, 11) is 2.04. The Kier molecular flexibility index (Phi) is 2.76. The summed E-state index contributed by atoms with van der Waals surface area (Å²) < 4.78 is 2.00. The standard InChI is InChI=1S/C14H24N4/c1-4-11-12-13(18(3)17-11)16-14(9-15-12)7-5-10(2)6-8-14/h10,15-16H,4-9H2,1-3H3. The molecule has 0 aromatic carbocycles. The van der Waals surface area contributed by atoms with Crippen LogP contribution in [0.5, 0.6) is 0 Å². The molecule has 1 aromatic heterocycles. The van der Waals surface area contributed by atoms with Gasteiger partial charge in [0, 0.05) is 13.6 Å². The molecule has 4 heteroatoms. The Bertz CT molecular complexity index is 441. The van der Waals surface area contributed by atoms with Crippen LogP contribution in [0.25, 0.3) is 0 Å². The van der Waals surface area contributed by atoms with E-state index in [9.17, 15) is 0 Å². The van der Waals surface area contributed by atoms with Crippen molar-refractivity contribution in [3.8, 4) is 0 Å². The highest BCUT2D eigenvalue weighted by molar-refractivity contribution is 5.71. The average molecular weight is 248 g/mol. The van der Waals surface area contributed by atoms with Crippen LogP contribution in [-0.2, 0) is 13.5 Å². The van der Waals surface area contributed by atoms with Crippen molar-refractivity contribution < 1.29 is 0 Å². The van der Waals surface area contributed by atoms with Gasteiger partial charge in [0.1, 0.15) is 11.5 Å². The first-order valence-corrected chi connectivity index (χ1v) is 7.21. The van der Waals surface area contributed by atoms with Crippen LogP contribution in [0.1, 0.15) is 45.2 Å². The maximum absolute atomic E-state index is 4.60. The van der Waals surface area contributed by atoms with Gasteiger partial charge in [-0.2, -0.15) is 5.10 Å². The monoisotopic (exact) mass is 248 g/mol. The van der Waals surface area contributed by atoms with Gasteiger partial charge in [0.15, 0.2) is 0 Å². The van der Waals surface area contributed by atoms with Crippen LogP contribution in [0.2, 0.25) is 0 Å². The Hall–Kier alpha value is -1.19. The van der Waals surface area contributed by atoms with Crippen LogP contribution in [0, 0.1) is 5.92 Å². The molecule has 1 spiro atoms. The minimum Gasteiger partial charge on any atom is -0.378 e. The lowest BCUT2D eigenvalue weighted by Gasteiger charge is -2.44. The number of rotatable bonds is 1. The molecule has 0 amide bonds. The highest BCUT2D eigenvalue weighted by Crippen LogP contribution is 2.40. The molecular formula is C14H24N4. The lowest BCUT2D eigenvalue weighted by atomic mass is 9.76. The third-order valence-corrected chi connectivity index (χ3v) is 4.67. The lowest BCUT2D eigenvalue weighted by Crippen LogP contribution is -2.50. The number of hydrogen-bond donors (Lipinski definition) is 2. The van der Waals surface area contributed by atoms with E-state index in [0.29, 0.717) is 0 Å². The first-order chi connectivity index (χ1) is 8.63. The fourth-order valence-electron chi connectivity index (χ4n) is 3.33. The molecule has 1 aliphatic heterocycles. The van der Waals surface area contributed by atoms with Gasteiger partial charge < -0.3 is 10.6 Å². The molecule has 2 heterocycles. The molecule has 2 N–H and O–H groups in total. The third kappa shape index (κ3) is 1.78. The van der Waals surface area contributed by atoms with Crippen LogP contribution in [-0.4, -0.2) is 21.9 Å². The summed E-state index contributed by atoms with van der Waals surface area (Å²) in [6.07, 6.45) is 6.20. The van der Waals surface area contributed by atoms with Crippen LogP contribution in [0.15, 0.2) is 0 Å². The van der Waals surface area contributed by atoms with Crippen molar-refractivity contribution in [1.82, 2.24) is 9.78 Å². The van der Waals surface area contributed by atoms with E-state index >= 15 is 0 Å². The summed E-state index contributed by atoms with van der Waals surface area (Å²) in [4.78, 5) is 0. The fraction of sp³-hybridized carbons (Fsp3) is 0.786. The zero-order valence-corrected chi connectivity index (χ0v) is 11.7. The second-order valence-corrected chi connectivity index (χ2v) is 6.09. The largest absolute Gasteiger partial charge is 0.378 e. The summed E-state index contributed by atoms with van der Waals surface area (Å²) in [6, 6.07) is 0. The van der Waals surface area contributed by atoms with Crippen molar-refractivity contribution in [1.29, 1.82) is 0 Å². The number of hydrogen-bond acceptors (Lipinski definition) is 3. The predicted octanol–water partition coefficient (Wildman–Crippen LogP) is 2.77. The molecule has 4 nitrogen and oxygen atoms in total. The van der Waals surface area contributed by atoms with Gasteiger partial charge in [0.2, 0.25) is 0 Å². The molecule has 0 bridgehead atoms. The number of anilines is 2. The minimum absolute atomic E-state index is 0.262. The smallest absolute Gasteiger partial charge is 0.148 e. The molecule has 1 saturated carbocycles. The van der Waals surface area contributed by atoms with E-state index < -0.39 is 0 Å². The van der Waals surface area contributed by atoms with E-state index in [1.165, 1.54) is 42.9 Å². The molecule has 1 fully saturated rings. The van der Waals surface area contributed by atoms with Crippen molar-refractivity contribution in [3.05, 3.63) is 5.69 Å². The Morgan fingerprint density at radius 2 is 2.11 bits per heavy atom. The second-order valence-electron chi connectivity index (χ2n) is 6.09. The molecule has 0 atom stereocenters. The summed E-state index contributed by atoms with van der Waals surface area (Å²) >= 11 is 0. The van der Waals surface area contributed by atoms with Gasteiger partial charge in [-0.05, 0) is 38.0 Å². The third-order valence-electron chi connectivity index (χ3n) is 4.67. The van der Waals surface area contributed by atoms with Crippen molar-refractivity contribution >= 4 is 11.5 Å². The summed E-state index contributed by atoms with van der Waals surface area (Å²) in [5.41, 5.74) is 2.67. The van der Waals surface area contributed by atoms with Crippen molar-refractivity contribution in [2.24, 2.45) is 13.0 Å². The number of fused-ring (bicyclic) bond motifs is 1. The van der Waals surface area contributed by atoms with Gasteiger partial charge in [0.25, 0.3) is 0 Å². The molecule has 1 aromatic rings. The number of aryl methyl sites for hydroxylation is 2. The maximum atomic E-state index is 4.60. The Labute approximate surface area is 109 Å². The lowest BCUT2D eigenvalue weighted by molar-refractivity contribution is 0.273. The van der Waals surface area contributed by atoms with E-state index in [1.54, 1.807) is 0 Å². The van der Waals surface area contributed by atoms with E-state index in [2.05, 4.69) is 29.6 Å². The zero-order chi connectivity index (χ0) is 12.8. The van der Waals surface area contributed by atoms with Gasteiger partial charge in [-0.1, -0.05) is 13.8 Å². The Morgan fingerprint density at radius 1 is 1.39 bits per heavy atom. The van der Waals surface area contributed by atoms with E-state index in [1.807, 2.05) is 11.7 Å². The summed E-state index contributed by atoms with van der Waals surface area (Å²) in [6.45, 7) is 5.58. The molecule has 100 valence electrons. The minimum atomic E-state index is 0.262. The molecule has 18 heavy (non-hydrogen) atoms. The van der Waals surface area contributed by atoms with E-state index in [0.717, 1.165) is 18.9 Å². The molecule has 0 saturated heterocycles. The van der Waals surface area contributed by atoms with Crippen LogP contribution < -0.4 is 10.6 Å². The first-order valence-electron chi connectivity index (χ1n) is 7.21. The molecule has 0 radical (unpaired) electrons. The van der Waals surface area contributed by atoms with Crippen LogP contribution >= 0.6 is 0 Å². The highest BCUT2D eigenvalue weighted by atomic mass is 15.4. The molecule has 2 aliphatic rings. The maximum Gasteiger partial charge on any atom is 0.148 e. The topological polar surface area (TPSA) is 41.9 Å². The summed E-state index contributed by atoms with van der Waals surface area (Å²) in [5, 5.41) is 12.0. The van der Waals surface area contributed by atoms with Crippen molar-refractivity contribution in [2.75, 3.05) is 17.2 Å². The Balaban J connectivity index is 1.87. The van der Waals surface area contributed by atoms with E-state index in [4.69, 9.17) is 0 Å². The Morgan fingerprint density at radius 3 is 2.78 bits per heavy atom. The normalized spacial score (nSPS) is 30.7. The second kappa shape index (κ2) is 4.18. The summed E-state index contributed by atoms with van der Waals surface area (Å²) in [5.74, 6) is 2.07. The molecule has 3 rings (SSSR count). The molecular weight excluding hydrogens is 224 g/mol. The van der Waals surface area contributed by atoms with Crippen LogP contribution in [0.4, 0.5) is 11.5 Å². The average Bonchev–Trinajstić information content (AvgIpc) is 2.70. The van der Waals surface area contributed by atoms with Gasteiger partial charge in [0.05, 0.1) is 11.2 Å². The van der Waals surface area contributed by atoms with Crippen LogP contribution in [0.3, 0.4) is 0 Å². The molecule has 1 aliphatic carbocycles. The van der Waals surface area contributed by atoms with Gasteiger partial charge >= 0.3 is 0 Å². The van der Waals surface area contributed by atoms with Gasteiger partial charge in [-0.25, -0.2) is 0 Å². The number of nitrogens with zero attached hydrogens (tertiary/aromatic N) is 2. The van der Waals surface area contributed by atoms with Gasteiger partial charge in [-0.3, -0.25) is 4.68 Å². The number of nitrogens with one attached hydrogen (secondary N) is 2. The first kappa shape index (κ1) is 11.9. The quantitative estimate of drug-likeness (QED) is 0.803. The fourth-order valence-corrected chi connectivity index (χ4v) is 3.33. The van der Waals surface area contributed by atoms with Gasteiger partial charge in [-0.15, -0.1) is 0 Å². The SMILES string of the molecule is CCc1nn(C)c2c1NCC1(CCC(C)CC1)N2. The van der Waals surface area contributed by atoms with Crippen molar-refractivity contribution in [2.45, 2.75) is 51.5 Å². The van der Waals surface area contributed by atoms with Crippen molar-refractivity contribution in [3.63, 3.8) is 0 Å². The predicted molar refractivity (Wildman–Crippen MR) is 75.1 cm³/mol. The number of aromatic nitrogens is 2. The highest BCUT2D eigenvalue weighted by Gasteiger charge is 2.38.